The average molecular weight is 267 g/mol. The lowest BCUT2D eigenvalue weighted by molar-refractivity contribution is 0.102. The number of rotatable bonds is 2. The van der Waals surface area contributed by atoms with Crippen molar-refractivity contribution in [1.29, 1.82) is 0 Å². The van der Waals surface area contributed by atoms with E-state index in [1.807, 2.05) is 25.1 Å². The Kier molecular flexibility index (Phi) is 3.48. The molecule has 1 aliphatic heterocycles. The molecular weight excluding hydrogens is 250 g/mol. The van der Waals surface area contributed by atoms with Crippen LogP contribution in [0.25, 0.3) is 0 Å². The summed E-state index contributed by atoms with van der Waals surface area (Å²) < 4.78 is 0. The molecule has 0 unspecified atom stereocenters. The topological polar surface area (TPSA) is 54.0 Å². The number of nitrogens with one attached hydrogen (secondary N) is 2. The van der Waals surface area contributed by atoms with Crippen molar-refractivity contribution in [2.24, 2.45) is 0 Å². The fourth-order valence-corrected chi connectivity index (χ4v) is 2.45. The first-order chi connectivity index (χ1) is 9.74. The van der Waals surface area contributed by atoms with Crippen molar-refractivity contribution in [2.75, 3.05) is 11.9 Å². The van der Waals surface area contributed by atoms with Gasteiger partial charge in [-0.3, -0.25) is 9.78 Å². The van der Waals surface area contributed by atoms with Gasteiger partial charge in [0.25, 0.3) is 5.91 Å². The lowest BCUT2D eigenvalue weighted by Gasteiger charge is -2.20. The molecule has 2 N–H and O–H groups in total. The Balaban J connectivity index is 1.84. The first kappa shape index (κ1) is 12.8. The zero-order valence-corrected chi connectivity index (χ0v) is 11.4. The second-order valence-electron chi connectivity index (χ2n) is 5.01. The molecule has 0 bridgehead atoms. The van der Waals surface area contributed by atoms with Crippen molar-refractivity contribution >= 4 is 11.6 Å². The predicted octanol–water partition coefficient (Wildman–Crippen LogP) is 2.29. The van der Waals surface area contributed by atoms with Crippen LogP contribution in [0.1, 0.15) is 27.2 Å². The molecule has 1 aromatic carbocycles. The molecule has 1 aliphatic rings. The van der Waals surface area contributed by atoms with Gasteiger partial charge < -0.3 is 10.6 Å². The van der Waals surface area contributed by atoms with Gasteiger partial charge in [-0.2, -0.15) is 0 Å². The Labute approximate surface area is 118 Å². The first-order valence-corrected chi connectivity index (χ1v) is 6.79. The molecule has 0 aliphatic carbocycles. The van der Waals surface area contributed by atoms with E-state index in [9.17, 15) is 4.79 Å². The second kappa shape index (κ2) is 5.43. The summed E-state index contributed by atoms with van der Waals surface area (Å²) in [6.07, 6.45) is 2.56. The van der Waals surface area contributed by atoms with Crippen LogP contribution in [0.2, 0.25) is 0 Å². The minimum atomic E-state index is -0.107. The van der Waals surface area contributed by atoms with Gasteiger partial charge in [0.05, 0.1) is 5.56 Å². The highest BCUT2D eigenvalue weighted by Gasteiger charge is 2.14. The van der Waals surface area contributed by atoms with Crippen LogP contribution < -0.4 is 10.6 Å². The van der Waals surface area contributed by atoms with Crippen molar-refractivity contribution in [1.82, 2.24) is 10.3 Å². The van der Waals surface area contributed by atoms with Crippen LogP contribution in [0.4, 0.5) is 5.69 Å². The van der Waals surface area contributed by atoms with Crippen LogP contribution >= 0.6 is 0 Å². The summed E-state index contributed by atoms with van der Waals surface area (Å²) in [5.41, 5.74) is 4.90. The van der Waals surface area contributed by atoms with E-state index in [0.29, 0.717) is 5.56 Å². The summed E-state index contributed by atoms with van der Waals surface area (Å²) in [4.78, 5) is 16.4. The molecule has 2 heterocycles. The quantitative estimate of drug-likeness (QED) is 0.877. The molecule has 0 fully saturated rings. The largest absolute Gasteiger partial charge is 0.322 e. The summed E-state index contributed by atoms with van der Waals surface area (Å²) in [5.74, 6) is -0.107. The van der Waals surface area contributed by atoms with Crippen molar-refractivity contribution in [3.63, 3.8) is 0 Å². The third-order valence-corrected chi connectivity index (χ3v) is 3.56. The van der Waals surface area contributed by atoms with Gasteiger partial charge in [0.1, 0.15) is 0 Å². The number of nitrogens with zero attached hydrogens (tertiary/aromatic N) is 1. The summed E-state index contributed by atoms with van der Waals surface area (Å²) in [6, 6.07) is 9.69. The summed E-state index contributed by atoms with van der Waals surface area (Å²) in [5, 5.41) is 6.34. The molecule has 0 radical (unpaired) electrons. The predicted molar refractivity (Wildman–Crippen MR) is 78.8 cm³/mol. The molecule has 4 nitrogen and oxygen atoms in total. The van der Waals surface area contributed by atoms with Crippen LogP contribution in [0.3, 0.4) is 0 Å². The standard InChI is InChI=1S/C16H17N3O/c1-11-5-6-13(10-18-11)16(20)19-15-4-2-3-12-9-17-8-7-14(12)15/h2-6,10,17H,7-9H2,1H3,(H,19,20). The van der Waals surface area contributed by atoms with Crippen molar-refractivity contribution < 1.29 is 4.79 Å². The third kappa shape index (κ3) is 2.56. The lowest BCUT2D eigenvalue weighted by Crippen LogP contribution is -2.25. The SMILES string of the molecule is Cc1ccc(C(=O)Nc2cccc3c2CCNC3)cn1. The number of carbonyl (C=O) groups excluding carboxylic acids is 1. The number of anilines is 1. The van der Waals surface area contributed by atoms with Crippen molar-refractivity contribution in [3.8, 4) is 0 Å². The van der Waals surface area contributed by atoms with E-state index >= 15 is 0 Å². The Hall–Kier alpha value is -2.20. The number of amides is 1. The highest BCUT2D eigenvalue weighted by atomic mass is 16.1. The van der Waals surface area contributed by atoms with E-state index < -0.39 is 0 Å². The van der Waals surface area contributed by atoms with Crippen LogP contribution in [0.15, 0.2) is 36.5 Å². The Morgan fingerprint density at radius 1 is 1.30 bits per heavy atom. The van der Waals surface area contributed by atoms with E-state index in [-0.39, 0.29) is 5.91 Å². The van der Waals surface area contributed by atoms with E-state index in [1.165, 1.54) is 11.1 Å². The molecule has 3 rings (SSSR count). The number of aromatic nitrogens is 1. The lowest BCUT2D eigenvalue weighted by atomic mass is 9.99. The number of aryl methyl sites for hydroxylation is 1. The van der Waals surface area contributed by atoms with Gasteiger partial charge in [-0.1, -0.05) is 12.1 Å². The maximum atomic E-state index is 12.2. The Morgan fingerprint density at radius 2 is 2.20 bits per heavy atom. The number of pyridine rings is 1. The summed E-state index contributed by atoms with van der Waals surface area (Å²) >= 11 is 0. The molecule has 1 aromatic heterocycles. The van der Waals surface area contributed by atoms with E-state index in [4.69, 9.17) is 0 Å². The number of fused-ring (bicyclic) bond motifs is 1. The van der Waals surface area contributed by atoms with Crippen molar-refractivity contribution in [2.45, 2.75) is 19.9 Å². The van der Waals surface area contributed by atoms with Crippen LogP contribution in [0.5, 0.6) is 0 Å². The Bertz CT molecular complexity index is 635. The van der Waals surface area contributed by atoms with Gasteiger partial charge in [-0.25, -0.2) is 0 Å². The number of benzene rings is 1. The average Bonchev–Trinajstić information content (AvgIpc) is 2.48. The van der Waals surface area contributed by atoms with Gasteiger partial charge in [-0.15, -0.1) is 0 Å². The highest BCUT2D eigenvalue weighted by molar-refractivity contribution is 6.04. The first-order valence-electron chi connectivity index (χ1n) is 6.79. The molecule has 0 saturated heterocycles. The van der Waals surface area contributed by atoms with Crippen LogP contribution in [-0.4, -0.2) is 17.4 Å². The second-order valence-corrected chi connectivity index (χ2v) is 5.01. The third-order valence-electron chi connectivity index (χ3n) is 3.56. The fourth-order valence-electron chi connectivity index (χ4n) is 2.45. The van der Waals surface area contributed by atoms with Gasteiger partial charge in [0, 0.05) is 24.1 Å². The molecule has 0 saturated carbocycles. The smallest absolute Gasteiger partial charge is 0.257 e. The zero-order valence-electron chi connectivity index (χ0n) is 11.4. The summed E-state index contributed by atoms with van der Waals surface area (Å²) in [7, 11) is 0. The molecular formula is C16H17N3O. The molecule has 4 heteroatoms. The molecule has 20 heavy (non-hydrogen) atoms. The molecule has 2 aromatic rings. The van der Waals surface area contributed by atoms with Crippen molar-refractivity contribution in [3.05, 3.63) is 58.9 Å². The maximum absolute atomic E-state index is 12.2. The Morgan fingerprint density at radius 3 is 3.00 bits per heavy atom. The zero-order chi connectivity index (χ0) is 13.9. The maximum Gasteiger partial charge on any atom is 0.257 e. The molecule has 102 valence electrons. The van der Waals surface area contributed by atoms with E-state index in [0.717, 1.165) is 30.9 Å². The van der Waals surface area contributed by atoms with Crippen LogP contribution in [-0.2, 0) is 13.0 Å². The summed E-state index contributed by atoms with van der Waals surface area (Å²) in [6.45, 7) is 3.72. The minimum absolute atomic E-state index is 0.107. The van der Waals surface area contributed by atoms with E-state index in [2.05, 4.69) is 21.7 Å². The molecule has 0 spiro atoms. The van der Waals surface area contributed by atoms with Gasteiger partial charge >= 0.3 is 0 Å². The van der Waals surface area contributed by atoms with E-state index in [1.54, 1.807) is 12.3 Å². The van der Waals surface area contributed by atoms with Crippen LogP contribution in [0, 0.1) is 6.92 Å². The monoisotopic (exact) mass is 267 g/mol. The van der Waals surface area contributed by atoms with Gasteiger partial charge in [0.15, 0.2) is 0 Å². The number of hydrogen-bond donors (Lipinski definition) is 2. The minimum Gasteiger partial charge on any atom is -0.322 e. The highest BCUT2D eigenvalue weighted by Crippen LogP contribution is 2.23. The van der Waals surface area contributed by atoms with Gasteiger partial charge in [-0.05, 0) is 49.2 Å². The van der Waals surface area contributed by atoms with Gasteiger partial charge in [0.2, 0.25) is 0 Å². The molecule has 1 amide bonds. The molecule has 0 atom stereocenters. The number of hydrogen-bond acceptors (Lipinski definition) is 3. The number of carbonyl (C=O) groups is 1. The fraction of sp³-hybridized carbons (Fsp3) is 0.250. The normalized spacial score (nSPS) is 13.7.